The molecule has 2 rings (SSSR count). The molecule has 1 saturated heterocycles. The standard InChI is InChI=1S/C11H14N4O5/c1-6-7(11(16)17)3-4-14(6)9-8(15(18)19)10(20-2)13-5-12-9/h5-7H,3-4H2,1-2H3,(H,16,17). The fourth-order valence-corrected chi connectivity index (χ4v) is 2.44. The highest BCUT2D eigenvalue weighted by molar-refractivity contribution is 5.74. The zero-order valence-corrected chi connectivity index (χ0v) is 11.0. The van der Waals surface area contributed by atoms with Gasteiger partial charge in [-0.2, -0.15) is 4.98 Å². The molecule has 0 amide bonds. The number of nitrogens with zero attached hydrogens (tertiary/aromatic N) is 4. The van der Waals surface area contributed by atoms with Crippen molar-refractivity contribution in [2.45, 2.75) is 19.4 Å². The van der Waals surface area contributed by atoms with Crippen molar-refractivity contribution in [3.63, 3.8) is 0 Å². The lowest BCUT2D eigenvalue weighted by Crippen LogP contribution is -2.34. The number of rotatable bonds is 4. The Morgan fingerprint density at radius 1 is 1.60 bits per heavy atom. The molecule has 20 heavy (non-hydrogen) atoms. The molecule has 0 aromatic carbocycles. The van der Waals surface area contributed by atoms with Crippen LogP contribution in [0.3, 0.4) is 0 Å². The van der Waals surface area contributed by atoms with Crippen LogP contribution in [0.4, 0.5) is 11.5 Å². The van der Waals surface area contributed by atoms with Crippen LogP contribution >= 0.6 is 0 Å². The zero-order chi connectivity index (χ0) is 14.9. The van der Waals surface area contributed by atoms with Crippen LogP contribution in [0.2, 0.25) is 0 Å². The van der Waals surface area contributed by atoms with Crippen molar-refractivity contribution in [2.75, 3.05) is 18.6 Å². The molecule has 0 spiro atoms. The smallest absolute Gasteiger partial charge is 0.372 e. The molecule has 1 fully saturated rings. The van der Waals surface area contributed by atoms with Gasteiger partial charge in [0.15, 0.2) is 0 Å². The van der Waals surface area contributed by atoms with E-state index in [1.54, 1.807) is 11.8 Å². The van der Waals surface area contributed by atoms with Crippen LogP contribution in [0, 0.1) is 16.0 Å². The predicted octanol–water partition coefficient (Wildman–Crippen LogP) is 0.693. The number of carboxylic acids is 1. The fraction of sp³-hybridized carbons (Fsp3) is 0.545. The zero-order valence-electron chi connectivity index (χ0n) is 11.0. The molecule has 1 aromatic rings. The van der Waals surface area contributed by atoms with Gasteiger partial charge in [0.2, 0.25) is 5.82 Å². The number of aliphatic carboxylic acids is 1. The molecule has 2 heterocycles. The average Bonchev–Trinajstić information content (AvgIpc) is 2.79. The molecule has 0 radical (unpaired) electrons. The summed E-state index contributed by atoms with van der Waals surface area (Å²) in [5.41, 5.74) is -0.340. The second kappa shape index (κ2) is 5.27. The second-order valence-corrected chi connectivity index (χ2v) is 4.48. The van der Waals surface area contributed by atoms with Crippen molar-refractivity contribution in [2.24, 2.45) is 5.92 Å². The Morgan fingerprint density at radius 3 is 2.80 bits per heavy atom. The maximum absolute atomic E-state index is 11.2. The maximum atomic E-state index is 11.2. The summed E-state index contributed by atoms with van der Waals surface area (Å²) in [6.45, 7) is 2.10. The van der Waals surface area contributed by atoms with Gasteiger partial charge >= 0.3 is 11.7 Å². The van der Waals surface area contributed by atoms with Gasteiger partial charge in [0.1, 0.15) is 6.33 Å². The molecule has 1 aliphatic rings. The summed E-state index contributed by atoms with van der Waals surface area (Å²) in [5, 5.41) is 20.3. The minimum atomic E-state index is -0.913. The largest absolute Gasteiger partial charge is 0.481 e. The molecular formula is C11H14N4O5. The number of carboxylic acid groups (broad SMARTS) is 1. The molecule has 0 bridgehead atoms. The number of hydrogen-bond acceptors (Lipinski definition) is 7. The van der Waals surface area contributed by atoms with Crippen LogP contribution in [0.15, 0.2) is 6.33 Å². The Balaban J connectivity index is 2.44. The summed E-state index contributed by atoms with van der Waals surface area (Å²) in [6, 6.07) is -0.384. The molecule has 0 aliphatic carbocycles. The molecule has 1 aliphatic heterocycles. The van der Waals surface area contributed by atoms with Gasteiger partial charge in [-0.25, -0.2) is 4.98 Å². The van der Waals surface area contributed by atoms with E-state index in [-0.39, 0.29) is 23.4 Å². The van der Waals surface area contributed by atoms with Gasteiger partial charge in [0.05, 0.1) is 18.0 Å². The minimum absolute atomic E-state index is 0.0955. The molecule has 1 aromatic heterocycles. The van der Waals surface area contributed by atoms with Crippen molar-refractivity contribution < 1.29 is 19.6 Å². The van der Waals surface area contributed by atoms with E-state index in [1.807, 2.05) is 0 Å². The summed E-state index contributed by atoms with van der Waals surface area (Å²) < 4.78 is 4.88. The van der Waals surface area contributed by atoms with Crippen molar-refractivity contribution in [1.29, 1.82) is 0 Å². The maximum Gasteiger partial charge on any atom is 0.372 e. The highest BCUT2D eigenvalue weighted by Gasteiger charge is 2.40. The summed E-state index contributed by atoms with van der Waals surface area (Å²) in [7, 11) is 1.28. The normalized spacial score (nSPS) is 21.8. The molecule has 2 unspecified atom stereocenters. The van der Waals surface area contributed by atoms with Crippen molar-refractivity contribution in [3.8, 4) is 5.88 Å². The Hall–Kier alpha value is -2.45. The Bertz CT molecular complexity index is 550. The predicted molar refractivity (Wildman–Crippen MR) is 67.8 cm³/mol. The highest BCUT2D eigenvalue weighted by atomic mass is 16.6. The number of nitro groups is 1. The van der Waals surface area contributed by atoms with E-state index in [0.29, 0.717) is 13.0 Å². The third kappa shape index (κ3) is 2.22. The number of methoxy groups -OCH3 is 1. The topological polar surface area (TPSA) is 119 Å². The van der Waals surface area contributed by atoms with E-state index in [9.17, 15) is 14.9 Å². The molecule has 9 nitrogen and oxygen atoms in total. The molecule has 9 heteroatoms. The lowest BCUT2D eigenvalue weighted by Gasteiger charge is -2.23. The minimum Gasteiger partial charge on any atom is -0.481 e. The van der Waals surface area contributed by atoms with Gasteiger partial charge in [-0.1, -0.05) is 0 Å². The Labute approximate surface area is 114 Å². The van der Waals surface area contributed by atoms with E-state index < -0.39 is 16.8 Å². The first-order valence-corrected chi connectivity index (χ1v) is 6.00. The average molecular weight is 282 g/mol. The van der Waals surface area contributed by atoms with E-state index in [0.717, 1.165) is 0 Å². The Kier molecular flexibility index (Phi) is 3.68. The molecule has 0 saturated carbocycles. The summed E-state index contributed by atoms with van der Waals surface area (Å²) in [4.78, 5) is 30.9. The fourth-order valence-electron chi connectivity index (χ4n) is 2.44. The number of hydrogen-bond donors (Lipinski definition) is 1. The van der Waals surface area contributed by atoms with Gasteiger partial charge in [-0.3, -0.25) is 14.9 Å². The van der Waals surface area contributed by atoms with E-state index >= 15 is 0 Å². The van der Waals surface area contributed by atoms with Crippen molar-refractivity contribution in [1.82, 2.24) is 9.97 Å². The van der Waals surface area contributed by atoms with Crippen LogP contribution < -0.4 is 9.64 Å². The van der Waals surface area contributed by atoms with Crippen LogP contribution in [0.5, 0.6) is 5.88 Å². The molecule has 108 valence electrons. The van der Waals surface area contributed by atoms with Gasteiger partial charge in [-0.05, 0) is 13.3 Å². The lowest BCUT2D eigenvalue weighted by atomic mass is 10.0. The highest BCUT2D eigenvalue weighted by Crippen LogP contribution is 2.38. The summed E-state index contributed by atoms with van der Waals surface area (Å²) >= 11 is 0. The van der Waals surface area contributed by atoms with Crippen molar-refractivity contribution >= 4 is 17.5 Å². The number of anilines is 1. The van der Waals surface area contributed by atoms with Gasteiger partial charge < -0.3 is 14.7 Å². The SMILES string of the molecule is COc1ncnc(N2CCC(C(=O)O)C2C)c1[N+](=O)[O-]. The quantitative estimate of drug-likeness (QED) is 0.633. The molecular weight excluding hydrogens is 268 g/mol. The van der Waals surface area contributed by atoms with Gasteiger partial charge in [0, 0.05) is 12.6 Å². The monoisotopic (exact) mass is 282 g/mol. The van der Waals surface area contributed by atoms with Crippen LogP contribution in [-0.2, 0) is 4.79 Å². The van der Waals surface area contributed by atoms with Crippen LogP contribution in [0.25, 0.3) is 0 Å². The summed E-state index contributed by atoms with van der Waals surface area (Å²) in [6.07, 6.45) is 1.59. The third-order valence-corrected chi connectivity index (χ3v) is 3.49. The van der Waals surface area contributed by atoms with Crippen LogP contribution in [0.1, 0.15) is 13.3 Å². The number of ether oxygens (including phenoxy) is 1. The third-order valence-electron chi connectivity index (χ3n) is 3.49. The summed E-state index contributed by atoms with van der Waals surface area (Å²) in [5.74, 6) is -1.52. The lowest BCUT2D eigenvalue weighted by molar-refractivity contribution is -0.385. The number of aromatic nitrogens is 2. The number of carbonyl (C=O) groups is 1. The van der Waals surface area contributed by atoms with Gasteiger partial charge in [-0.15, -0.1) is 0 Å². The molecule has 1 N–H and O–H groups in total. The Morgan fingerprint density at radius 2 is 2.30 bits per heavy atom. The molecule has 2 atom stereocenters. The van der Waals surface area contributed by atoms with E-state index in [1.165, 1.54) is 13.4 Å². The second-order valence-electron chi connectivity index (χ2n) is 4.48. The van der Waals surface area contributed by atoms with Gasteiger partial charge in [0.25, 0.3) is 5.88 Å². The van der Waals surface area contributed by atoms with Crippen molar-refractivity contribution in [3.05, 3.63) is 16.4 Å². The van der Waals surface area contributed by atoms with E-state index in [2.05, 4.69) is 9.97 Å². The van der Waals surface area contributed by atoms with Crippen LogP contribution in [-0.4, -0.2) is 45.7 Å². The first kappa shape index (κ1) is 14.0. The first-order valence-electron chi connectivity index (χ1n) is 6.00. The first-order chi connectivity index (χ1) is 9.47. The van der Waals surface area contributed by atoms with E-state index in [4.69, 9.17) is 9.84 Å².